The van der Waals surface area contributed by atoms with Crippen molar-refractivity contribution in [2.75, 3.05) is 12.9 Å². The summed E-state index contributed by atoms with van der Waals surface area (Å²) in [4.78, 5) is 21.5. The number of carboxylic acid groups (broad SMARTS) is 1. The predicted octanol–water partition coefficient (Wildman–Crippen LogP) is -0.278. The van der Waals surface area contributed by atoms with E-state index in [9.17, 15) is 18.0 Å². The Bertz CT molecular complexity index is 386. The fourth-order valence-corrected chi connectivity index (χ4v) is 2.64. The van der Waals surface area contributed by atoms with Gasteiger partial charge in [-0.3, -0.25) is 9.59 Å². The van der Waals surface area contributed by atoms with Gasteiger partial charge in [-0.05, 0) is 20.3 Å². The molecule has 8 heteroatoms. The first-order valence-corrected chi connectivity index (χ1v) is 6.58. The molecule has 7 nitrogen and oxygen atoms in total. The molecule has 0 bridgehead atoms. The minimum absolute atomic E-state index is 0.0120. The summed E-state index contributed by atoms with van der Waals surface area (Å²) in [7, 11) is -2.55. The van der Waals surface area contributed by atoms with Crippen LogP contribution in [0.4, 0.5) is 0 Å². The summed E-state index contributed by atoms with van der Waals surface area (Å²) in [6.07, 6.45) is -0.249. The number of ether oxygens (including phenoxy) is 1. The van der Waals surface area contributed by atoms with Crippen LogP contribution in [-0.4, -0.2) is 43.9 Å². The highest BCUT2D eigenvalue weighted by Crippen LogP contribution is 2.08. The molecule has 0 aliphatic heterocycles. The fourth-order valence-electron chi connectivity index (χ4n) is 1.15. The van der Waals surface area contributed by atoms with Crippen LogP contribution in [0.1, 0.15) is 26.7 Å². The van der Waals surface area contributed by atoms with Gasteiger partial charge in [0.05, 0.1) is 12.9 Å². The van der Waals surface area contributed by atoms with Crippen molar-refractivity contribution in [1.82, 2.24) is 4.72 Å². The third-order valence-electron chi connectivity index (χ3n) is 1.91. The number of methoxy groups -OCH3 is 1. The van der Waals surface area contributed by atoms with Crippen molar-refractivity contribution < 1.29 is 27.9 Å². The Morgan fingerprint density at radius 2 is 1.88 bits per heavy atom. The van der Waals surface area contributed by atoms with Gasteiger partial charge in [-0.1, -0.05) is 0 Å². The van der Waals surface area contributed by atoms with Gasteiger partial charge in [0.15, 0.2) is 0 Å². The van der Waals surface area contributed by atoms with Gasteiger partial charge in [0, 0.05) is 6.42 Å². The molecular formula is C9H17NO6S. The first kappa shape index (κ1) is 15.9. The zero-order chi connectivity index (χ0) is 13.7. The Labute approximate surface area is 100 Å². The predicted molar refractivity (Wildman–Crippen MR) is 59.9 cm³/mol. The molecule has 0 heterocycles. The molecule has 2 N–H and O–H groups in total. The maximum absolute atomic E-state index is 11.5. The number of nitrogens with one attached hydrogen (secondary N) is 1. The SMILES string of the molecule is COC(=O)C(C)(C)NS(=O)(=O)CCCC(=O)O. The molecular weight excluding hydrogens is 250 g/mol. The largest absolute Gasteiger partial charge is 0.481 e. The van der Waals surface area contributed by atoms with Gasteiger partial charge in [0.1, 0.15) is 5.54 Å². The summed E-state index contributed by atoms with van der Waals surface area (Å²) in [6, 6.07) is 0. The number of hydrogen-bond acceptors (Lipinski definition) is 5. The van der Waals surface area contributed by atoms with Gasteiger partial charge in [0.2, 0.25) is 10.0 Å². The number of carbonyl (C=O) groups is 2. The smallest absolute Gasteiger partial charge is 0.326 e. The summed E-state index contributed by atoms with van der Waals surface area (Å²) < 4.78 is 29.7. The van der Waals surface area contributed by atoms with E-state index in [2.05, 4.69) is 9.46 Å². The van der Waals surface area contributed by atoms with E-state index < -0.39 is 27.5 Å². The quantitative estimate of drug-likeness (QED) is 0.614. The lowest BCUT2D eigenvalue weighted by atomic mass is 10.1. The average Bonchev–Trinajstić information content (AvgIpc) is 2.13. The molecule has 0 aromatic heterocycles. The van der Waals surface area contributed by atoms with Crippen LogP contribution in [0.5, 0.6) is 0 Å². The lowest BCUT2D eigenvalue weighted by molar-refractivity contribution is -0.146. The van der Waals surface area contributed by atoms with Gasteiger partial charge in [-0.2, -0.15) is 4.72 Å². The minimum Gasteiger partial charge on any atom is -0.481 e. The maximum atomic E-state index is 11.5. The Morgan fingerprint density at radius 3 is 2.29 bits per heavy atom. The number of carboxylic acids is 1. The molecule has 0 fully saturated rings. The first-order chi connectivity index (χ1) is 7.60. The van der Waals surface area contributed by atoms with Crippen molar-refractivity contribution in [3.8, 4) is 0 Å². The molecule has 0 aliphatic rings. The van der Waals surface area contributed by atoms with E-state index in [1.165, 1.54) is 13.8 Å². The van der Waals surface area contributed by atoms with Crippen molar-refractivity contribution in [1.29, 1.82) is 0 Å². The van der Waals surface area contributed by atoms with Crippen LogP contribution in [0, 0.1) is 0 Å². The summed E-state index contributed by atoms with van der Waals surface area (Å²) in [6.45, 7) is 2.74. The molecule has 0 aromatic rings. The lowest BCUT2D eigenvalue weighted by Crippen LogP contribution is -2.50. The third kappa shape index (κ3) is 6.22. The van der Waals surface area contributed by atoms with E-state index >= 15 is 0 Å². The van der Waals surface area contributed by atoms with Crippen molar-refractivity contribution in [2.24, 2.45) is 0 Å². The number of sulfonamides is 1. The highest BCUT2D eigenvalue weighted by molar-refractivity contribution is 7.89. The molecule has 0 spiro atoms. The van der Waals surface area contributed by atoms with Gasteiger partial charge < -0.3 is 9.84 Å². The second kappa shape index (κ2) is 5.97. The van der Waals surface area contributed by atoms with Crippen LogP contribution in [0.3, 0.4) is 0 Å². The highest BCUT2D eigenvalue weighted by atomic mass is 32.2. The van der Waals surface area contributed by atoms with E-state index in [0.717, 1.165) is 7.11 Å². The van der Waals surface area contributed by atoms with Gasteiger partial charge >= 0.3 is 11.9 Å². The maximum Gasteiger partial charge on any atom is 0.326 e. The number of carbonyl (C=O) groups excluding carboxylic acids is 1. The summed E-state index contributed by atoms with van der Waals surface area (Å²) in [5.41, 5.74) is -1.36. The third-order valence-corrected chi connectivity index (χ3v) is 3.56. The van der Waals surface area contributed by atoms with E-state index in [1.54, 1.807) is 0 Å². The van der Waals surface area contributed by atoms with Crippen molar-refractivity contribution >= 4 is 22.0 Å². The molecule has 0 saturated heterocycles. The van der Waals surface area contributed by atoms with E-state index in [-0.39, 0.29) is 18.6 Å². The first-order valence-electron chi connectivity index (χ1n) is 4.92. The van der Waals surface area contributed by atoms with Crippen molar-refractivity contribution in [3.05, 3.63) is 0 Å². The van der Waals surface area contributed by atoms with Gasteiger partial charge in [-0.15, -0.1) is 0 Å². The Morgan fingerprint density at radius 1 is 1.35 bits per heavy atom. The van der Waals surface area contributed by atoms with Gasteiger partial charge in [-0.25, -0.2) is 8.42 Å². The number of hydrogen-bond donors (Lipinski definition) is 2. The van der Waals surface area contributed by atoms with Crippen LogP contribution >= 0.6 is 0 Å². The van der Waals surface area contributed by atoms with E-state index in [0.29, 0.717) is 0 Å². The standard InChI is InChI=1S/C9H17NO6S/c1-9(2,8(13)16-3)10-17(14,15)6-4-5-7(11)12/h10H,4-6H2,1-3H3,(H,11,12). The van der Waals surface area contributed by atoms with Crippen LogP contribution in [0.15, 0.2) is 0 Å². The monoisotopic (exact) mass is 267 g/mol. The van der Waals surface area contributed by atoms with Crippen molar-refractivity contribution in [3.63, 3.8) is 0 Å². The lowest BCUT2D eigenvalue weighted by Gasteiger charge is -2.22. The van der Waals surface area contributed by atoms with E-state index in [4.69, 9.17) is 5.11 Å². The molecule has 0 unspecified atom stereocenters. The molecule has 100 valence electrons. The molecule has 17 heavy (non-hydrogen) atoms. The van der Waals surface area contributed by atoms with Crippen LogP contribution < -0.4 is 4.72 Å². The van der Waals surface area contributed by atoms with Crippen LogP contribution in [0.25, 0.3) is 0 Å². The second-order valence-electron chi connectivity index (χ2n) is 4.03. The topological polar surface area (TPSA) is 110 Å². The fraction of sp³-hybridized carbons (Fsp3) is 0.778. The molecule has 0 atom stereocenters. The summed E-state index contributed by atoms with van der Waals surface area (Å²) in [5.74, 6) is -2.12. The zero-order valence-corrected chi connectivity index (χ0v) is 10.8. The molecule has 0 amide bonds. The molecule has 0 aromatic carbocycles. The van der Waals surface area contributed by atoms with E-state index in [1.807, 2.05) is 0 Å². The average molecular weight is 267 g/mol. The summed E-state index contributed by atoms with van der Waals surface area (Å²) in [5, 5.41) is 8.38. The Balaban J connectivity index is 4.44. The molecule has 0 rings (SSSR count). The second-order valence-corrected chi connectivity index (χ2v) is 5.88. The van der Waals surface area contributed by atoms with Gasteiger partial charge in [0.25, 0.3) is 0 Å². The normalized spacial score (nSPS) is 12.2. The Hall–Kier alpha value is -1.15. The molecule has 0 radical (unpaired) electrons. The highest BCUT2D eigenvalue weighted by Gasteiger charge is 2.33. The number of esters is 1. The minimum atomic E-state index is -3.70. The van der Waals surface area contributed by atoms with Crippen LogP contribution in [-0.2, 0) is 24.3 Å². The number of aliphatic carboxylic acids is 1. The number of rotatable bonds is 7. The van der Waals surface area contributed by atoms with Crippen LogP contribution in [0.2, 0.25) is 0 Å². The Kier molecular flexibility index (Phi) is 5.56. The van der Waals surface area contributed by atoms with Crippen molar-refractivity contribution in [2.45, 2.75) is 32.2 Å². The molecule has 0 saturated carbocycles. The molecule has 0 aliphatic carbocycles. The summed E-state index contributed by atoms with van der Waals surface area (Å²) >= 11 is 0. The zero-order valence-electron chi connectivity index (χ0n) is 10.0.